The molecule has 1 N–H and O–H groups in total. The third kappa shape index (κ3) is 2.60. The summed E-state index contributed by atoms with van der Waals surface area (Å²) in [5, 5.41) is 6.24. The summed E-state index contributed by atoms with van der Waals surface area (Å²) < 4.78 is 8.33. The number of rotatable bonds is 5. The molecule has 2 rings (SSSR count). The van der Waals surface area contributed by atoms with E-state index in [9.17, 15) is 0 Å². The van der Waals surface area contributed by atoms with Gasteiger partial charge in [0.25, 0.3) is 0 Å². The first-order valence-corrected chi connectivity index (χ1v) is 7.05. The van der Waals surface area contributed by atoms with Crippen LogP contribution in [0.3, 0.4) is 0 Å². The van der Waals surface area contributed by atoms with Crippen molar-refractivity contribution >= 4 is 34.7 Å². The highest BCUT2D eigenvalue weighted by Gasteiger charge is 2.19. The Labute approximate surface area is 108 Å². The van der Waals surface area contributed by atoms with E-state index in [1.165, 1.54) is 11.7 Å². The first-order chi connectivity index (χ1) is 7.83. The molecule has 0 radical (unpaired) electrons. The van der Waals surface area contributed by atoms with Crippen molar-refractivity contribution in [1.82, 2.24) is 14.1 Å². The molecule has 86 valence electrons. The minimum absolute atomic E-state index is 0.0752. The smallest absolute Gasteiger partial charge is 0.0966 e. The van der Waals surface area contributed by atoms with Crippen molar-refractivity contribution in [3.05, 3.63) is 33.2 Å². The fourth-order valence-corrected chi connectivity index (χ4v) is 3.13. The standard InChI is InChI=1S/C10H12ClN3S2/c1-2-4-12-9(8-6-13-16-14-8)10-7(11)3-5-15-10/h3,5-6,9,12H,2,4H2,1H3. The third-order valence-corrected chi connectivity index (χ3v) is 4.10. The van der Waals surface area contributed by atoms with E-state index in [4.69, 9.17) is 11.6 Å². The normalized spacial score (nSPS) is 12.9. The van der Waals surface area contributed by atoms with Crippen LogP contribution in [0.4, 0.5) is 0 Å². The zero-order valence-electron chi connectivity index (χ0n) is 8.81. The van der Waals surface area contributed by atoms with Gasteiger partial charge in [-0.2, -0.15) is 8.75 Å². The maximum Gasteiger partial charge on any atom is 0.0966 e. The molecule has 2 heterocycles. The van der Waals surface area contributed by atoms with Crippen LogP contribution in [0.1, 0.15) is 30.0 Å². The molecule has 2 aromatic rings. The van der Waals surface area contributed by atoms with Gasteiger partial charge in [-0.15, -0.1) is 11.3 Å². The lowest BCUT2D eigenvalue weighted by Crippen LogP contribution is -2.22. The Morgan fingerprint density at radius 3 is 3.00 bits per heavy atom. The molecule has 0 aliphatic rings. The van der Waals surface area contributed by atoms with E-state index >= 15 is 0 Å². The van der Waals surface area contributed by atoms with Gasteiger partial charge in [0, 0.05) is 4.88 Å². The van der Waals surface area contributed by atoms with E-state index in [2.05, 4.69) is 21.0 Å². The predicted octanol–water partition coefficient (Wildman–Crippen LogP) is 3.34. The second kappa shape index (κ2) is 5.72. The fraction of sp³-hybridized carbons (Fsp3) is 0.400. The van der Waals surface area contributed by atoms with Gasteiger partial charge in [0.05, 0.1) is 34.7 Å². The zero-order valence-corrected chi connectivity index (χ0v) is 11.2. The van der Waals surface area contributed by atoms with Crippen LogP contribution >= 0.6 is 34.7 Å². The number of nitrogens with one attached hydrogen (secondary N) is 1. The summed E-state index contributed by atoms with van der Waals surface area (Å²) in [6.07, 6.45) is 2.88. The van der Waals surface area contributed by atoms with Crippen molar-refractivity contribution in [2.75, 3.05) is 6.54 Å². The Balaban J connectivity index is 2.25. The van der Waals surface area contributed by atoms with Crippen LogP contribution in [-0.2, 0) is 0 Å². The van der Waals surface area contributed by atoms with Gasteiger partial charge < -0.3 is 5.32 Å². The van der Waals surface area contributed by atoms with Crippen molar-refractivity contribution in [3.8, 4) is 0 Å². The number of aromatic nitrogens is 2. The summed E-state index contributed by atoms with van der Waals surface area (Å²) in [5.74, 6) is 0. The van der Waals surface area contributed by atoms with E-state index in [0.717, 1.165) is 28.6 Å². The Kier molecular flexibility index (Phi) is 4.29. The number of thiophene rings is 1. The van der Waals surface area contributed by atoms with E-state index in [-0.39, 0.29) is 6.04 Å². The molecule has 0 aliphatic carbocycles. The molecular weight excluding hydrogens is 262 g/mol. The number of halogens is 1. The third-order valence-electron chi connectivity index (χ3n) is 2.18. The Morgan fingerprint density at radius 2 is 2.44 bits per heavy atom. The van der Waals surface area contributed by atoms with Crippen LogP contribution in [0.5, 0.6) is 0 Å². The van der Waals surface area contributed by atoms with Crippen LogP contribution < -0.4 is 5.32 Å². The first-order valence-electron chi connectivity index (χ1n) is 5.06. The highest BCUT2D eigenvalue weighted by atomic mass is 35.5. The van der Waals surface area contributed by atoms with Crippen molar-refractivity contribution < 1.29 is 0 Å². The molecule has 0 fully saturated rings. The molecule has 6 heteroatoms. The topological polar surface area (TPSA) is 37.8 Å². The van der Waals surface area contributed by atoms with Gasteiger partial charge in [0.15, 0.2) is 0 Å². The Morgan fingerprint density at radius 1 is 1.56 bits per heavy atom. The van der Waals surface area contributed by atoms with Crippen LogP contribution in [0.15, 0.2) is 17.6 Å². The van der Waals surface area contributed by atoms with Crippen molar-refractivity contribution in [3.63, 3.8) is 0 Å². The second-order valence-corrected chi connectivity index (χ2v) is 5.26. The van der Waals surface area contributed by atoms with Crippen molar-refractivity contribution in [1.29, 1.82) is 0 Å². The molecule has 3 nitrogen and oxygen atoms in total. The molecular formula is C10H12ClN3S2. The fourth-order valence-electron chi connectivity index (χ4n) is 1.43. The monoisotopic (exact) mass is 273 g/mol. The molecule has 0 bridgehead atoms. The van der Waals surface area contributed by atoms with Gasteiger partial charge in [-0.3, -0.25) is 0 Å². The van der Waals surface area contributed by atoms with E-state index < -0.39 is 0 Å². The van der Waals surface area contributed by atoms with Crippen LogP contribution in [0, 0.1) is 0 Å². The lowest BCUT2D eigenvalue weighted by molar-refractivity contribution is 0.597. The van der Waals surface area contributed by atoms with Gasteiger partial charge >= 0.3 is 0 Å². The molecule has 0 spiro atoms. The lowest BCUT2D eigenvalue weighted by atomic mass is 10.2. The highest BCUT2D eigenvalue weighted by molar-refractivity contribution is 7.10. The van der Waals surface area contributed by atoms with Gasteiger partial charge in [0.1, 0.15) is 0 Å². The molecule has 0 aliphatic heterocycles. The number of hydrogen-bond acceptors (Lipinski definition) is 5. The molecule has 0 saturated carbocycles. The average molecular weight is 274 g/mol. The SMILES string of the molecule is CCCNC(c1cnsn1)c1sccc1Cl. The molecule has 16 heavy (non-hydrogen) atoms. The Bertz CT molecular complexity index is 427. The molecule has 1 unspecified atom stereocenters. The predicted molar refractivity (Wildman–Crippen MR) is 69.4 cm³/mol. The summed E-state index contributed by atoms with van der Waals surface area (Å²) in [6.45, 7) is 3.08. The Hall–Kier alpha value is -0.490. The number of nitrogens with zero attached hydrogens (tertiary/aromatic N) is 2. The van der Waals surface area contributed by atoms with Crippen molar-refractivity contribution in [2.45, 2.75) is 19.4 Å². The molecule has 0 saturated heterocycles. The summed E-state index contributed by atoms with van der Waals surface area (Å²) in [6, 6.07) is 1.99. The zero-order chi connectivity index (χ0) is 11.4. The maximum atomic E-state index is 6.16. The number of hydrogen-bond donors (Lipinski definition) is 1. The molecule has 0 amide bonds. The molecule has 1 atom stereocenters. The second-order valence-electron chi connectivity index (χ2n) is 3.35. The summed E-state index contributed by atoms with van der Waals surface area (Å²) in [7, 11) is 0. The van der Waals surface area contributed by atoms with Gasteiger partial charge in [-0.25, -0.2) is 0 Å². The van der Waals surface area contributed by atoms with Crippen LogP contribution in [0.2, 0.25) is 5.02 Å². The van der Waals surface area contributed by atoms with E-state index in [1.54, 1.807) is 17.5 Å². The largest absolute Gasteiger partial charge is 0.304 e. The van der Waals surface area contributed by atoms with Gasteiger partial charge in [0.2, 0.25) is 0 Å². The summed E-state index contributed by atoms with van der Waals surface area (Å²) in [4.78, 5) is 1.11. The minimum Gasteiger partial charge on any atom is -0.304 e. The first kappa shape index (κ1) is 12.0. The quantitative estimate of drug-likeness (QED) is 0.908. The lowest BCUT2D eigenvalue weighted by Gasteiger charge is -2.14. The van der Waals surface area contributed by atoms with Gasteiger partial charge in [-0.1, -0.05) is 18.5 Å². The van der Waals surface area contributed by atoms with Crippen LogP contribution in [0.25, 0.3) is 0 Å². The van der Waals surface area contributed by atoms with E-state index in [1.807, 2.05) is 11.4 Å². The minimum atomic E-state index is 0.0752. The van der Waals surface area contributed by atoms with Crippen LogP contribution in [-0.4, -0.2) is 15.3 Å². The van der Waals surface area contributed by atoms with Crippen molar-refractivity contribution in [2.24, 2.45) is 0 Å². The van der Waals surface area contributed by atoms with Gasteiger partial charge in [-0.05, 0) is 24.4 Å². The maximum absolute atomic E-state index is 6.16. The van der Waals surface area contributed by atoms with E-state index in [0.29, 0.717) is 0 Å². The highest BCUT2D eigenvalue weighted by Crippen LogP contribution is 2.32. The molecule has 0 aromatic carbocycles. The summed E-state index contributed by atoms with van der Waals surface area (Å²) in [5.41, 5.74) is 0.947. The summed E-state index contributed by atoms with van der Waals surface area (Å²) >= 11 is 9.03. The molecule has 2 aromatic heterocycles. The average Bonchev–Trinajstić information content (AvgIpc) is 2.91.